The van der Waals surface area contributed by atoms with Gasteiger partial charge in [-0.2, -0.15) is 0 Å². The summed E-state index contributed by atoms with van der Waals surface area (Å²) in [6.45, 7) is 0. The molecule has 0 radical (unpaired) electrons. The number of hydrogen-bond donors (Lipinski definition) is 0. The van der Waals surface area contributed by atoms with Crippen molar-refractivity contribution in [3.05, 3.63) is 48.5 Å². The van der Waals surface area contributed by atoms with Crippen LogP contribution >= 0.6 is 11.3 Å². The van der Waals surface area contributed by atoms with Crippen LogP contribution in [-0.2, 0) is 0 Å². The van der Waals surface area contributed by atoms with Crippen molar-refractivity contribution in [1.82, 2.24) is 4.98 Å². The van der Waals surface area contributed by atoms with Gasteiger partial charge in [0.05, 0.1) is 10.2 Å². The number of nitrogens with zero attached hydrogens (tertiary/aromatic N) is 2. The van der Waals surface area contributed by atoms with Gasteiger partial charge in [0.25, 0.3) is 0 Å². The summed E-state index contributed by atoms with van der Waals surface area (Å²) in [5, 5.41) is 1.08. The highest BCUT2D eigenvalue weighted by Crippen LogP contribution is 2.31. The highest BCUT2D eigenvalue weighted by molar-refractivity contribution is 7.21. The van der Waals surface area contributed by atoms with Crippen LogP contribution in [0.3, 0.4) is 0 Å². The molecule has 0 fully saturated rings. The fraction of sp³-hybridized carbons (Fsp3) is 0.133. The largest absolute Gasteiger partial charge is 0.378 e. The van der Waals surface area contributed by atoms with Crippen LogP contribution < -0.4 is 4.90 Å². The predicted octanol–water partition coefficient (Wildman–Crippen LogP) is 4.03. The van der Waals surface area contributed by atoms with Gasteiger partial charge in [0.1, 0.15) is 5.01 Å². The average Bonchev–Trinajstić information content (AvgIpc) is 2.82. The Kier molecular flexibility index (Phi) is 2.76. The lowest BCUT2D eigenvalue weighted by Crippen LogP contribution is -2.07. The van der Waals surface area contributed by atoms with Crippen molar-refractivity contribution >= 4 is 27.2 Å². The minimum Gasteiger partial charge on any atom is -0.378 e. The van der Waals surface area contributed by atoms with Crippen LogP contribution in [0.15, 0.2) is 48.5 Å². The van der Waals surface area contributed by atoms with Crippen LogP contribution in [0.4, 0.5) is 5.69 Å². The molecule has 0 saturated carbocycles. The van der Waals surface area contributed by atoms with Crippen molar-refractivity contribution in [2.45, 2.75) is 0 Å². The number of aromatic nitrogens is 1. The maximum absolute atomic E-state index is 4.68. The number of rotatable bonds is 2. The van der Waals surface area contributed by atoms with E-state index in [1.54, 1.807) is 11.3 Å². The van der Waals surface area contributed by atoms with Gasteiger partial charge in [-0.3, -0.25) is 0 Å². The molecule has 0 unspecified atom stereocenters. The zero-order valence-corrected chi connectivity index (χ0v) is 11.2. The standard InChI is InChI=1S/C15H14N2S/c1-17(2)12-8-9-13-14(10-12)18-15(16-13)11-6-4-3-5-7-11/h3-10H,1-2H3. The third kappa shape index (κ3) is 1.97. The normalized spacial score (nSPS) is 10.8. The summed E-state index contributed by atoms with van der Waals surface area (Å²) in [5.74, 6) is 0. The van der Waals surface area contributed by atoms with Crippen LogP contribution in [0.5, 0.6) is 0 Å². The Balaban J connectivity index is 2.11. The summed E-state index contributed by atoms with van der Waals surface area (Å²) < 4.78 is 1.24. The first-order valence-corrected chi connectivity index (χ1v) is 6.69. The van der Waals surface area contributed by atoms with E-state index in [-0.39, 0.29) is 0 Å². The van der Waals surface area contributed by atoms with Crippen LogP contribution in [0.1, 0.15) is 0 Å². The molecule has 2 nitrogen and oxygen atoms in total. The Bertz CT molecular complexity index is 671. The summed E-state index contributed by atoms with van der Waals surface area (Å²) in [7, 11) is 4.11. The second-order valence-corrected chi connectivity index (χ2v) is 5.46. The van der Waals surface area contributed by atoms with E-state index in [0.29, 0.717) is 0 Å². The topological polar surface area (TPSA) is 16.1 Å². The van der Waals surface area contributed by atoms with Gasteiger partial charge in [0.15, 0.2) is 0 Å². The maximum Gasteiger partial charge on any atom is 0.124 e. The van der Waals surface area contributed by atoms with E-state index in [4.69, 9.17) is 0 Å². The van der Waals surface area contributed by atoms with Crippen molar-refractivity contribution in [2.24, 2.45) is 0 Å². The third-order valence-electron chi connectivity index (χ3n) is 2.91. The molecular formula is C15H14N2S. The summed E-state index contributed by atoms with van der Waals surface area (Å²) in [4.78, 5) is 6.80. The number of fused-ring (bicyclic) bond motifs is 1. The number of hydrogen-bond acceptors (Lipinski definition) is 3. The van der Waals surface area contributed by atoms with Gasteiger partial charge < -0.3 is 4.90 Å². The summed E-state index contributed by atoms with van der Waals surface area (Å²) >= 11 is 1.74. The molecule has 90 valence electrons. The molecule has 3 rings (SSSR count). The Labute approximate surface area is 111 Å². The molecule has 0 amide bonds. The van der Waals surface area contributed by atoms with Gasteiger partial charge in [-0.25, -0.2) is 4.98 Å². The second-order valence-electron chi connectivity index (χ2n) is 4.43. The van der Waals surface area contributed by atoms with Gasteiger partial charge >= 0.3 is 0 Å². The molecule has 0 aliphatic rings. The second kappa shape index (κ2) is 4.42. The molecule has 0 saturated heterocycles. The number of thiazole rings is 1. The minimum absolute atomic E-state index is 1.07. The lowest BCUT2D eigenvalue weighted by molar-refractivity contribution is 1.14. The van der Waals surface area contributed by atoms with E-state index in [1.807, 2.05) is 18.2 Å². The maximum atomic E-state index is 4.68. The van der Waals surface area contributed by atoms with Crippen molar-refractivity contribution in [3.63, 3.8) is 0 Å². The Morgan fingerprint density at radius 3 is 2.50 bits per heavy atom. The fourth-order valence-electron chi connectivity index (χ4n) is 1.90. The highest BCUT2D eigenvalue weighted by atomic mass is 32.1. The van der Waals surface area contributed by atoms with Crippen molar-refractivity contribution < 1.29 is 0 Å². The SMILES string of the molecule is CN(C)c1ccc2nc(-c3ccccc3)sc2c1. The van der Waals surface area contributed by atoms with E-state index in [2.05, 4.69) is 54.3 Å². The lowest BCUT2D eigenvalue weighted by atomic mass is 10.2. The lowest BCUT2D eigenvalue weighted by Gasteiger charge is -2.11. The quantitative estimate of drug-likeness (QED) is 0.686. The average molecular weight is 254 g/mol. The molecule has 3 aromatic rings. The van der Waals surface area contributed by atoms with Gasteiger partial charge in [0, 0.05) is 25.3 Å². The fourth-order valence-corrected chi connectivity index (χ4v) is 2.90. The van der Waals surface area contributed by atoms with Crippen LogP contribution in [0.25, 0.3) is 20.8 Å². The number of benzene rings is 2. The smallest absolute Gasteiger partial charge is 0.124 e. The van der Waals surface area contributed by atoms with Crippen LogP contribution in [0, 0.1) is 0 Å². The van der Waals surface area contributed by atoms with E-state index in [1.165, 1.54) is 16.0 Å². The van der Waals surface area contributed by atoms with Gasteiger partial charge in [-0.05, 0) is 18.2 Å². The Morgan fingerprint density at radius 1 is 1.00 bits per heavy atom. The number of anilines is 1. The van der Waals surface area contributed by atoms with Crippen molar-refractivity contribution in [1.29, 1.82) is 0 Å². The van der Waals surface area contributed by atoms with E-state index < -0.39 is 0 Å². The van der Waals surface area contributed by atoms with Gasteiger partial charge in [0.2, 0.25) is 0 Å². The predicted molar refractivity (Wildman–Crippen MR) is 79.4 cm³/mol. The van der Waals surface area contributed by atoms with E-state index in [0.717, 1.165) is 10.5 Å². The molecule has 1 heterocycles. The molecule has 0 aliphatic heterocycles. The molecular weight excluding hydrogens is 240 g/mol. The molecule has 3 heteroatoms. The summed E-state index contributed by atoms with van der Waals surface area (Å²) in [6.07, 6.45) is 0. The molecule has 0 N–H and O–H groups in total. The molecule has 18 heavy (non-hydrogen) atoms. The van der Waals surface area contributed by atoms with E-state index in [9.17, 15) is 0 Å². The first-order valence-electron chi connectivity index (χ1n) is 5.87. The highest BCUT2D eigenvalue weighted by Gasteiger charge is 2.06. The molecule has 0 spiro atoms. The van der Waals surface area contributed by atoms with Crippen LogP contribution in [-0.4, -0.2) is 19.1 Å². The first-order chi connectivity index (χ1) is 8.74. The third-order valence-corrected chi connectivity index (χ3v) is 3.98. The molecule has 0 atom stereocenters. The Morgan fingerprint density at radius 2 is 1.78 bits per heavy atom. The van der Waals surface area contributed by atoms with Gasteiger partial charge in [-0.1, -0.05) is 30.3 Å². The molecule has 0 aliphatic carbocycles. The zero-order valence-electron chi connectivity index (χ0n) is 10.4. The van der Waals surface area contributed by atoms with Crippen molar-refractivity contribution in [2.75, 3.05) is 19.0 Å². The van der Waals surface area contributed by atoms with Gasteiger partial charge in [-0.15, -0.1) is 11.3 Å². The molecule has 1 aromatic heterocycles. The van der Waals surface area contributed by atoms with E-state index >= 15 is 0 Å². The van der Waals surface area contributed by atoms with Crippen LogP contribution in [0.2, 0.25) is 0 Å². The summed E-state index contributed by atoms with van der Waals surface area (Å²) in [6, 6.07) is 16.7. The first kappa shape index (κ1) is 11.2. The van der Waals surface area contributed by atoms with Crippen molar-refractivity contribution in [3.8, 4) is 10.6 Å². The summed E-state index contributed by atoms with van der Waals surface area (Å²) in [5.41, 5.74) is 3.47. The molecule has 2 aromatic carbocycles. The monoisotopic (exact) mass is 254 g/mol. The Hall–Kier alpha value is -1.87. The minimum atomic E-state index is 1.07. The zero-order chi connectivity index (χ0) is 12.5. The molecule has 0 bridgehead atoms.